The van der Waals surface area contributed by atoms with Crippen molar-refractivity contribution in [2.24, 2.45) is 5.92 Å². The maximum absolute atomic E-state index is 9.62. The normalized spacial score (nSPS) is 16.6. The molecule has 4 N–H and O–H groups in total. The molecule has 4 nitrogen and oxygen atoms in total. The highest BCUT2D eigenvalue weighted by Crippen LogP contribution is 2.27. The van der Waals surface area contributed by atoms with Crippen LogP contribution in [0.3, 0.4) is 0 Å². The molecule has 3 rings (SSSR count). The van der Waals surface area contributed by atoms with E-state index in [0.29, 0.717) is 18.3 Å². The third-order valence-electron chi connectivity index (χ3n) is 4.58. The molecule has 0 spiro atoms. The van der Waals surface area contributed by atoms with Crippen molar-refractivity contribution in [2.45, 2.75) is 25.7 Å². The lowest BCUT2D eigenvalue weighted by Crippen LogP contribution is -2.28. The number of phenols is 1. The Labute approximate surface area is 143 Å². The highest BCUT2D eigenvalue weighted by Gasteiger charge is 2.18. The lowest BCUT2D eigenvalue weighted by atomic mass is 9.84. The van der Waals surface area contributed by atoms with Crippen LogP contribution in [-0.2, 0) is 12.8 Å². The molecule has 0 aliphatic heterocycles. The Bertz CT molecular complexity index is 672. The summed E-state index contributed by atoms with van der Waals surface area (Å²) in [6, 6.07) is 13.3. The Morgan fingerprint density at radius 1 is 1.17 bits per heavy atom. The predicted octanol–water partition coefficient (Wildman–Crippen LogP) is 3.14. The third kappa shape index (κ3) is 4.65. The minimum Gasteiger partial charge on any atom is -0.508 e. The number of benzene rings is 2. The van der Waals surface area contributed by atoms with Crippen molar-refractivity contribution < 1.29 is 9.84 Å². The summed E-state index contributed by atoms with van der Waals surface area (Å²) in [5.74, 6) is 1.86. The first-order valence-electron chi connectivity index (χ1n) is 8.70. The maximum atomic E-state index is 9.62. The number of nitrogens with two attached hydrogens (primary N) is 1. The Morgan fingerprint density at radius 2 is 2.08 bits per heavy atom. The van der Waals surface area contributed by atoms with Crippen LogP contribution in [-0.4, -0.2) is 24.8 Å². The molecular formula is C20H26N2O2. The van der Waals surface area contributed by atoms with Crippen molar-refractivity contribution in [3.8, 4) is 11.5 Å². The van der Waals surface area contributed by atoms with Gasteiger partial charge in [0.05, 0.1) is 6.61 Å². The van der Waals surface area contributed by atoms with Crippen LogP contribution in [0.1, 0.15) is 24.0 Å². The van der Waals surface area contributed by atoms with E-state index in [1.165, 1.54) is 17.5 Å². The number of fused-ring (bicyclic) bond motifs is 1. The Balaban J connectivity index is 1.33. The van der Waals surface area contributed by atoms with Gasteiger partial charge in [0.2, 0.25) is 0 Å². The van der Waals surface area contributed by atoms with Crippen LogP contribution < -0.4 is 15.8 Å². The summed E-state index contributed by atoms with van der Waals surface area (Å²) in [6.45, 7) is 2.66. The summed E-state index contributed by atoms with van der Waals surface area (Å²) in [5.41, 5.74) is 9.15. The average Bonchev–Trinajstić information content (AvgIpc) is 2.57. The van der Waals surface area contributed by atoms with Crippen molar-refractivity contribution >= 4 is 5.69 Å². The topological polar surface area (TPSA) is 67.5 Å². The number of phenolic OH excluding ortho intramolecular Hbond substituents is 1. The van der Waals surface area contributed by atoms with Crippen molar-refractivity contribution in [1.29, 1.82) is 0 Å². The minimum atomic E-state index is 0.376. The number of nitrogens with one attached hydrogen (secondary N) is 1. The van der Waals surface area contributed by atoms with Gasteiger partial charge in [-0.3, -0.25) is 0 Å². The molecule has 2 aromatic rings. The van der Waals surface area contributed by atoms with Gasteiger partial charge in [0, 0.05) is 11.8 Å². The van der Waals surface area contributed by atoms with Crippen LogP contribution in [0.2, 0.25) is 0 Å². The molecule has 0 bridgehead atoms. The molecule has 0 unspecified atom stereocenters. The lowest BCUT2D eigenvalue weighted by molar-refractivity contribution is 0.305. The van der Waals surface area contributed by atoms with Gasteiger partial charge in [-0.2, -0.15) is 0 Å². The van der Waals surface area contributed by atoms with Gasteiger partial charge >= 0.3 is 0 Å². The zero-order valence-electron chi connectivity index (χ0n) is 14.0. The van der Waals surface area contributed by atoms with E-state index in [9.17, 15) is 5.11 Å². The zero-order chi connectivity index (χ0) is 16.8. The first-order valence-corrected chi connectivity index (χ1v) is 8.70. The van der Waals surface area contributed by atoms with Crippen molar-refractivity contribution in [2.75, 3.05) is 25.4 Å². The maximum Gasteiger partial charge on any atom is 0.121 e. The number of rotatable bonds is 7. The molecule has 0 amide bonds. The number of anilines is 1. The molecule has 1 aliphatic rings. The SMILES string of the molecule is Nc1cccc(OCCCNC[C@@H]2CCc3ccc(O)cc3C2)c1. The van der Waals surface area contributed by atoms with Gasteiger partial charge in [-0.15, -0.1) is 0 Å². The number of aromatic hydroxyl groups is 1. The average molecular weight is 326 g/mol. The highest BCUT2D eigenvalue weighted by atomic mass is 16.5. The molecule has 0 aromatic heterocycles. The second kappa shape index (κ2) is 8.06. The lowest BCUT2D eigenvalue weighted by Gasteiger charge is -2.25. The van der Waals surface area contributed by atoms with Gasteiger partial charge in [0.25, 0.3) is 0 Å². The largest absolute Gasteiger partial charge is 0.508 e. The smallest absolute Gasteiger partial charge is 0.121 e. The predicted molar refractivity (Wildman–Crippen MR) is 97.5 cm³/mol. The Morgan fingerprint density at radius 3 is 2.96 bits per heavy atom. The Kier molecular flexibility index (Phi) is 5.59. The van der Waals surface area contributed by atoms with E-state index < -0.39 is 0 Å². The van der Waals surface area contributed by atoms with E-state index in [4.69, 9.17) is 10.5 Å². The van der Waals surface area contributed by atoms with Crippen LogP contribution in [0.15, 0.2) is 42.5 Å². The van der Waals surface area contributed by atoms with Crippen LogP contribution in [0.25, 0.3) is 0 Å². The molecule has 0 radical (unpaired) electrons. The molecular weight excluding hydrogens is 300 g/mol. The number of hydrogen-bond acceptors (Lipinski definition) is 4. The summed E-state index contributed by atoms with van der Waals surface area (Å²) in [4.78, 5) is 0. The fourth-order valence-electron chi connectivity index (χ4n) is 3.29. The van der Waals surface area contributed by atoms with E-state index >= 15 is 0 Å². The molecule has 4 heteroatoms. The van der Waals surface area contributed by atoms with Gasteiger partial charge in [0.15, 0.2) is 0 Å². The molecule has 0 heterocycles. The summed E-state index contributed by atoms with van der Waals surface area (Å²) >= 11 is 0. The van der Waals surface area contributed by atoms with Gasteiger partial charge in [0.1, 0.15) is 11.5 Å². The monoisotopic (exact) mass is 326 g/mol. The third-order valence-corrected chi connectivity index (χ3v) is 4.58. The van der Waals surface area contributed by atoms with E-state index in [-0.39, 0.29) is 0 Å². The summed E-state index contributed by atoms with van der Waals surface area (Å²) in [7, 11) is 0. The van der Waals surface area contributed by atoms with Crippen molar-refractivity contribution in [3.05, 3.63) is 53.6 Å². The molecule has 128 valence electrons. The second-order valence-corrected chi connectivity index (χ2v) is 6.54. The number of hydrogen-bond donors (Lipinski definition) is 3. The number of nitrogen functional groups attached to an aromatic ring is 1. The fraction of sp³-hybridized carbons (Fsp3) is 0.400. The van der Waals surface area contributed by atoms with Crippen LogP contribution in [0.4, 0.5) is 5.69 Å². The van der Waals surface area contributed by atoms with E-state index in [2.05, 4.69) is 11.4 Å². The summed E-state index contributed by atoms with van der Waals surface area (Å²) < 4.78 is 5.69. The molecule has 1 aliphatic carbocycles. The molecule has 0 fully saturated rings. The van der Waals surface area contributed by atoms with E-state index in [0.717, 1.165) is 43.8 Å². The van der Waals surface area contributed by atoms with Crippen LogP contribution in [0, 0.1) is 5.92 Å². The van der Waals surface area contributed by atoms with Crippen molar-refractivity contribution in [1.82, 2.24) is 5.32 Å². The van der Waals surface area contributed by atoms with Gasteiger partial charge < -0.3 is 20.9 Å². The van der Waals surface area contributed by atoms with Gasteiger partial charge in [-0.05, 0) is 80.1 Å². The van der Waals surface area contributed by atoms with E-state index in [1.807, 2.05) is 30.3 Å². The minimum absolute atomic E-state index is 0.376. The zero-order valence-corrected chi connectivity index (χ0v) is 14.0. The number of ether oxygens (including phenoxy) is 1. The van der Waals surface area contributed by atoms with E-state index in [1.54, 1.807) is 6.07 Å². The van der Waals surface area contributed by atoms with Crippen LogP contribution >= 0.6 is 0 Å². The molecule has 2 aromatic carbocycles. The standard InChI is InChI=1S/C20H26N2O2/c21-18-3-1-4-20(13-18)24-10-2-9-22-14-15-5-6-16-7-8-19(23)12-17(16)11-15/h1,3-4,7-8,12-13,15,22-23H,2,5-6,9-11,14,21H2/t15-/m1/s1. The van der Waals surface area contributed by atoms with Gasteiger partial charge in [-0.25, -0.2) is 0 Å². The summed E-state index contributed by atoms with van der Waals surface area (Å²) in [5, 5.41) is 13.2. The van der Waals surface area contributed by atoms with Crippen molar-refractivity contribution in [3.63, 3.8) is 0 Å². The van der Waals surface area contributed by atoms with Crippen LogP contribution in [0.5, 0.6) is 11.5 Å². The van der Waals surface area contributed by atoms with Gasteiger partial charge in [-0.1, -0.05) is 12.1 Å². The second-order valence-electron chi connectivity index (χ2n) is 6.54. The molecule has 0 saturated carbocycles. The first-order chi connectivity index (χ1) is 11.7. The summed E-state index contributed by atoms with van der Waals surface area (Å²) in [6.07, 6.45) is 4.35. The fourth-order valence-corrected chi connectivity index (χ4v) is 3.29. The molecule has 24 heavy (non-hydrogen) atoms. The molecule has 1 atom stereocenters. The molecule has 0 saturated heterocycles. The number of aryl methyl sites for hydroxylation is 1. The first kappa shape index (κ1) is 16.7. The Hall–Kier alpha value is -2.20. The quantitative estimate of drug-likeness (QED) is 0.540. The highest BCUT2D eigenvalue weighted by molar-refractivity contribution is 5.43.